The van der Waals surface area contributed by atoms with Crippen LogP contribution in [0.25, 0.3) is 0 Å². The fraction of sp³-hybridized carbons (Fsp3) is 0.800. The monoisotopic (exact) mass is 226 g/mol. The topological polar surface area (TPSA) is 144 Å². The largest absolute Gasteiger partial charge is 0.619 e. The first-order chi connectivity index (χ1) is 6.76. The number of carbonyl (C=O) groups is 1. The van der Waals surface area contributed by atoms with Crippen LogP contribution in [-0.4, -0.2) is 38.6 Å². The lowest BCUT2D eigenvalue weighted by molar-refractivity contribution is -0.841. The van der Waals surface area contributed by atoms with Crippen LogP contribution >= 0.6 is 0 Å². The molecule has 0 heterocycles. The molecule has 0 aromatic carbocycles. The van der Waals surface area contributed by atoms with Crippen molar-refractivity contribution < 1.29 is 29.2 Å². The Kier molecular flexibility index (Phi) is 4.03. The maximum atomic E-state index is 13.2. The van der Waals surface area contributed by atoms with E-state index in [4.69, 9.17) is 10.2 Å². The first-order valence-electron chi connectivity index (χ1n) is 3.57. The van der Waals surface area contributed by atoms with Gasteiger partial charge < -0.3 is 10.2 Å². The summed E-state index contributed by atoms with van der Waals surface area (Å²) in [6, 6.07) is 0. The number of rotatable bonds is 6. The summed E-state index contributed by atoms with van der Waals surface area (Å²) in [5, 5.41) is 37.0. The minimum Gasteiger partial charge on any atom is -0.481 e. The Morgan fingerprint density at radius 2 is 1.80 bits per heavy atom. The van der Waals surface area contributed by atoms with Crippen LogP contribution in [0.1, 0.15) is 6.42 Å². The van der Waals surface area contributed by atoms with Gasteiger partial charge in [0.2, 0.25) is 0 Å². The van der Waals surface area contributed by atoms with Crippen molar-refractivity contribution in [1.29, 1.82) is 0 Å². The highest BCUT2D eigenvalue weighted by molar-refractivity contribution is 5.67. The summed E-state index contributed by atoms with van der Waals surface area (Å²) in [4.78, 5) is 26.7. The van der Waals surface area contributed by atoms with E-state index in [0.717, 1.165) is 0 Å². The predicted molar refractivity (Wildman–Crippen MR) is 40.7 cm³/mol. The molecule has 0 rings (SSSR count). The smallest absolute Gasteiger partial charge is 0.481 e. The molecule has 0 saturated carbocycles. The van der Waals surface area contributed by atoms with E-state index in [1.165, 1.54) is 0 Å². The summed E-state index contributed by atoms with van der Waals surface area (Å²) in [7, 11) is 0. The van der Waals surface area contributed by atoms with Gasteiger partial charge >= 0.3 is 11.9 Å². The van der Waals surface area contributed by atoms with Crippen molar-refractivity contribution in [3.63, 3.8) is 0 Å². The van der Waals surface area contributed by atoms with Crippen LogP contribution < -0.4 is 0 Å². The van der Waals surface area contributed by atoms with Crippen molar-refractivity contribution in [2.24, 2.45) is 5.92 Å². The van der Waals surface area contributed by atoms with Gasteiger partial charge in [0.25, 0.3) is 0 Å². The number of alkyl halides is 1. The number of halogens is 1. The Balaban J connectivity index is 5.11. The summed E-state index contributed by atoms with van der Waals surface area (Å²) in [5.41, 5.74) is 0. The molecule has 0 spiro atoms. The van der Waals surface area contributed by atoms with Crippen LogP contribution in [-0.2, 0) is 4.79 Å². The number of nitro groups is 2. The molecule has 2 N–H and O–H groups in total. The highest BCUT2D eigenvalue weighted by Crippen LogP contribution is 2.26. The summed E-state index contributed by atoms with van der Waals surface area (Å²) in [5.74, 6) is -8.10. The summed E-state index contributed by atoms with van der Waals surface area (Å²) in [6.45, 7) is -1.31. The van der Waals surface area contributed by atoms with Crippen LogP contribution in [0, 0.1) is 26.1 Å². The maximum Gasteiger partial charge on any atom is 0.619 e. The Morgan fingerprint density at radius 1 is 1.40 bits per heavy atom. The van der Waals surface area contributed by atoms with Crippen molar-refractivity contribution in [2.75, 3.05) is 6.61 Å². The molecule has 1 atom stereocenters. The Labute approximate surface area is 81.4 Å². The average Bonchev–Trinajstić information content (AvgIpc) is 2.11. The second-order valence-electron chi connectivity index (χ2n) is 2.63. The van der Waals surface area contributed by atoms with Gasteiger partial charge in [-0.1, -0.05) is 4.39 Å². The van der Waals surface area contributed by atoms with Crippen LogP contribution in [0.2, 0.25) is 0 Å². The SMILES string of the molecule is O=C(O)CC(CO)C(F)([N+](=O)[O-])[N+](=O)[O-]. The minimum atomic E-state index is -4.19. The normalized spacial score (nSPS) is 13.2. The molecule has 0 aliphatic rings. The number of aliphatic hydroxyl groups excluding tert-OH is 1. The van der Waals surface area contributed by atoms with Crippen molar-refractivity contribution in [2.45, 2.75) is 12.3 Å². The second kappa shape index (κ2) is 4.59. The van der Waals surface area contributed by atoms with Gasteiger partial charge in [0.15, 0.2) is 5.92 Å². The van der Waals surface area contributed by atoms with E-state index in [2.05, 4.69) is 0 Å². The van der Waals surface area contributed by atoms with Crippen molar-refractivity contribution in [3.05, 3.63) is 20.2 Å². The lowest BCUT2D eigenvalue weighted by Crippen LogP contribution is -2.50. The molecule has 0 aromatic heterocycles. The number of aliphatic hydroxyl groups is 1. The molecular formula is C5H7FN2O7. The first-order valence-corrected chi connectivity index (χ1v) is 3.57. The van der Waals surface area contributed by atoms with Gasteiger partial charge in [0.1, 0.15) is 9.85 Å². The first kappa shape index (κ1) is 13.2. The summed E-state index contributed by atoms with van der Waals surface area (Å²) in [6.07, 6.45) is -1.21. The van der Waals surface area contributed by atoms with E-state index >= 15 is 0 Å². The highest BCUT2D eigenvalue weighted by Gasteiger charge is 2.65. The highest BCUT2D eigenvalue weighted by atomic mass is 19.2. The third-order valence-corrected chi connectivity index (χ3v) is 1.67. The van der Waals surface area contributed by atoms with Gasteiger partial charge in [-0.3, -0.25) is 25.0 Å². The molecule has 0 radical (unpaired) electrons. The zero-order valence-corrected chi connectivity index (χ0v) is 7.20. The molecule has 0 aliphatic heterocycles. The van der Waals surface area contributed by atoms with Crippen molar-refractivity contribution >= 4 is 5.97 Å². The van der Waals surface area contributed by atoms with Gasteiger partial charge in [0, 0.05) is 0 Å². The molecule has 0 aromatic rings. The number of carboxylic acid groups (broad SMARTS) is 1. The quantitative estimate of drug-likeness (QED) is 0.262. The number of hydrogen-bond donors (Lipinski definition) is 2. The number of hydrogen-bond acceptors (Lipinski definition) is 6. The van der Waals surface area contributed by atoms with Crippen molar-refractivity contribution in [3.8, 4) is 0 Å². The molecule has 15 heavy (non-hydrogen) atoms. The lowest BCUT2D eigenvalue weighted by atomic mass is 10.0. The number of carboxylic acids is 1. The zero-order chi connectivity index (χ0) is 12.2. The van der Waals surface area contributed by atoms with Crippen LogP contribution in [0.5, 0.6) is 0 Å². The molecule has 0 amide bonds. The van der Waals surface area contributed by atoms with E-state index in [9.17, 15) is 29.4 Å². The van der Waals surface area contributed by atoms with Crippen LogP contribution in [0.4, 0.5) is 4.39 Å². The Morgan fingerprint density at radius 3 is 2.00 bits per heavy atom. The predicted octanol–water partition coefficient (Wildman–Crippen LogP) is -0.754. The molecule has 0 saturated heterocycles. The van der Waals surface area contributed by atoms with Gasteiger partial charge in [-0.15, -0.1) is 0 Å². The van der Waals surface area contributed by atoms with E-state index in [1.807, 2.05) is 0 Å². The molecule has 0 fully saturated rings. The number of aliphatic carboxylic acids is 1. The van der Waals surface area contributed by atoms with E-state index in [-0.39, 0.29) is 0 Å². The lowest BCUT2D eigenvalue weighted by Gasteiger charge is -2.14. The minimum absolute atomic E-state index is 1.21. The maximum absolute atomic E-state index is 13.2. The van der Waals surface area contributed by atoms with E-state index < -0.39 is 40.7 Å². The Hall–Kier alpha value is -1.84. The van der Waals surface area contributed by atoms with Gasteiger partial charge in [0.05, 0.1) is 13.0 Å². The molecule has 9 nitrogen and oxygen atoms in total. The molecule has 10 heteroatoms. The fourth-order valence-electron chi connectivity index (χ4n) is 0.886. The zero-order valence-electron chi connectivity index (χ0n) is 7.20. The fourth-order valence-corrected chi connectivity index (χ4v) is 0.886. The molecular weight excluding hydrogens is 219 g/mol. The summed E-state index contributed by atoms with van der Waals surface area (Å²) < 4.78 is 13.2. The summed E-state index contributed by atoms with van der Waals surface area (Å²) >= 11 is 0. The van der Waals surface area contributed by atoms with Crippen LogP contribution in [0.3, 0.4) is 0 Å². The third kappa shape index (κ3) is 2.56. The molecule has 86 valence electrons. The molecule has 0 aliphatic carbocycles. The van der Waals surface area contributed by atoms with E-state index in [1.54, 1.807) is 0 Å². The van der Waals surface area contributed by atoms with Gasteiger partial charge in [-0.05, 0) is 0 Å². The molecule has 1 unspecified atom stereocenters. The van der Waals surface area contributed by atoms with E-state index in [0.29, 0.717) is 0 Å². The standard InChI is InChI=1S/C5H7FN2O7/c6-5(7(12)13,8(14)15)3(2-9)1-4(10)11/h3,9H,1-2H2,(H,10,11). The third-order valence-electron chi connectivity index (χ3n) is 1.67. The van der Waals surface area contributed by atoms with Crippen LogP contribution in [0.15, 0.2) is 0 Å². The number of nitrogens with zero attached hydrogens (tertiary/aromatic N) is 2. The second-order valence-corrected chi connectivity index (χ2v) is 2.63. The molecule has 0 bridgehead atoms. The van der Waals surface area contributed by atoms with Gasteiger partial charge in [-0.25, -0.2) is 0 Å². The van der Waals surface area contributed by atoms with Crippen molar-refractivity contribution in [1.82, 2.24) is 0 Å². The Bertz CT molecular complexity index is 279. The van der Waals surface area contributed by atoms with Gasteiger partial charge in [-0.2, -0.15) is 0 Å². The average molecular weight is 226 g/mol.